The largest absolute Gasteiger partial charge is 0.299 e. The minimum absolute atomic E-state index is 0.370. The van der Waals surface area contributed by atoms with Crippen molar-refractivity contribution in [2.45, 2.75) is 25.7 Å². The molecule has 0 radical (unpaired) electrons. The third kappa shape index (κ3) is 2.50. The predicted molar refractivity (Wildman–Crippen MR) is 69.6 cm³/mol. The molecule has 1 heterocycles. The van der Waals surface area contributed by atoms with Gasteiger partial charge in [-0.05, 0) is 37.0 Å². The van der Waals surface area contributed by atoms with Crippen LogP contribution in [0.3, 0.4) is 0 Å². The van der Waals surface area contributed by atoms with Gasteiger partial charge in [0, 0.05) is 18.5 Å². The Morgan fingerprint density at radius 2 is 2.06 bits per heavy atom. The van der Waals surface area contributed by atoms with Crippen molar-refractivity contribution in [3.05, 3.63) is 48.3 Å². The average molecular weight is 240 g/mol. The molecule has 1 fully saturated rings. The fourth-order valence-electron chi connectivity index (χ4n) is 2.09. The van der Waals surface area contributed by atoms with Crippen molar-refractivity contribution in [3.63, 3.8) is 0 Å². The van der Waals surface area contributed by atoms with E-state index < -0.39 is 0 Å². The highest BCUT2D eigenvalue weighted by Crippen LogP contribution is 2.31. The van der Waals surface area contributed by atoms with Gasteiger partial charge in [-0.3, -0.25) is 4.79 Å². The van der Waals surface area contributed by atoms with Crippen molar-refractivity contribution in [1.82, 2.24) is 9.78 Å². The molecule has 92 valence electrons. The minimum atomic E-state index is 0.370. The molecule has 18 heavy (non-hydrogen) atoms. The summed E-state index contributed by atoms with van der Waals surface area (Å²) in [5.41, 5.74) is 2.19. The lowest BCUT2D eigenvalue weighted by Gasteiger charge is -1.99. The summed E-state index contributed by atoms with van der Waals surface area (Å²) in [7, 11) is 0. The Morgan fingerprint density at radius 1 is 1.28 bits per heavy atom. The summed E-state index contributed by atoms with van der Waals surface area (Å²) in [4.78, 5) is 11.6. The molecule has 0 saturated heterocycles. The van der Waals surface area contributed by atoms with Gasteiger partial charge in [-0.2, -0.15) is 5.10 Å². The van der Waals surface area contributed by atoms with Gasteiger partial charge in [0.1, 0.15) is 5.78 Å². The maximum absolute atomic E-state index is 11.6. The second kappa shape index (κ2) is 4.77. The molecule has 0 unspecified atom stereocenters. The first-order chi connectivity index (χ1) is 8.83. The van der Waals surface area contributed by atoms with Gasteiger partial charge in [0.2, 0.25) is 0 Å². The van der Waals surface area contributed by atoms with Crippen LogP contribution in [0.15, 0.2) is 42.7 Å². The van der Waals surface area contributed by atoms with Gasteiger partial charge in [0.05, 0.1) is 11.9 Å². The zero-order valence-corrected chi connectivity index (χ0v) is 10.2. The Balaban J connectivity index is 1.64. The Hall–Kier alpha value is -1.90. The molecule has 1 saturated carbocycles. The number of Topliss-reactive ketones (excluding diaryl/α,β-unsaturated/α-hetero) is 1. The molecule has 0 atom stereocenters. The number of carbonyl (C=O) groups is 1. The van der Waals surface area contributed by atoms with Gasteiger partial charge in [-0.25, -0.2) is 4.68 Å². The van der Waals surface area contributed by atoms with E-state index in [1.54, 1.807) is 0 Å². The van der Waals surface area contributed by atoms with Gasteiger partial charge in [-0.15, -0.1) is 0 Å². The van der Waals surface area contributed by atoms with E-state index in [-0.39, 0.29) is 0 Å². The van der Waals surface area contributed by atoms with Crippen molar-refractivity contribution in [2.24, 2.45) is 5.92 Å². The molecule has 0 aliphatic heterocycles. The van der Waals surface area contributed by atoms with Crippen molar-refractivity contribution in [2.75, 3.05) is 0 Å². The topological polar surface area (TPSA) is 34.9 Å². The van der Waals surface area contributed by atoms with E-state index in [0.717, 1.165) is 30.5 Å². The number of carbonyl (C=O) groups excluding carboxylic acids is 1. The predicted octanol–water partition coefficient (Wildman–Crippen LogP) is 2.78. The molecular weight excluding hydrogens is 224 g/mol. The number of aryl methyl sites for hydroxylation is 1. The van der Waals surface area contributed by atoms with Gasteiger partial charge in [0.15, 0.2) is 0 Å². The summed E-state index contributed by atoms with van der Waals surface area (Å²) in [6, 6.07) is 10.0. The minimum Gasteiger partial charge on any atom is -0.299 e. The van der Waals surface area contributed by atoms with E-state index in [4.69, 9.17) is 0 Å². The number of aromatic nitrogens is 2. The fraction of sp³-hybridized carbons (Fsp3) is 0.333. The van der Waals surface area contributed by atoms with Gasteiger partial charge < -0.3 is 0 Å². The molecule has 3 nitrogen and oxygen atoms in total. The van der Waals surface area contributed by atoms with Crippen LogP contribution in [0.5, 0.6) is 0 Å². The maximum Gasteiger partial charge on any atom is 0.136 e. The summed E-state index contributed by atoms with van der Waals surface area (Å²) in [5.74, 6) is 0.789. The number of nitrogens with zero attached hydrogens (tertiary/aromatic N) is 2. The third-order valence-electron chi connectivity index (χ3n) is 3.35. The lowest BCUT2D eigenvalue weighted by atomic mass is 10.1. The third-order valence-corrected chi connectivity index (χ3v) is 3.35. The van der Waals surface area contributed by atoms with Crippen LogP contribution in [0, 0.1) is 5.92 Å². The highest BCUT2D eigenvalue weighted by atomic mass is 16.1. The molecule has 1 aromatic heterocycles. The van der Waals surface area contributed by atoms with Crippen LogP contribution in [-0.2, 0) is 11.2 Å². The first-order valence-electron chi connectivity index (χ1n) is 6.44. The normalized spacial score (nSPS) is 14.7. The van der Waals surface area contributed by atoms with E-state index in [0.29, 0.717) is 18.1 Å². The van der Waals surface area contributed by atoms with E-state index in [9.17, 15) is 4.79 Å². The van der Waals surface area contributed by atoms with Crippen molar-refractivity contribution in [3.8, 4) is 5.69 Å². The number of hydrogen-bond donors (Lipinski definition) is 0. The van der Waals surface area contributed by atoms with Crippen LogP contribution in [-0.4, -0.2) is 15.6 Å². The van der Waals surface area contributed by atoms with E-state index in [1.807, 2.05) is 47.4 Å². The van der Waals surface area contributed by atoms with Crippen LogP contribution >= 0.6 is 0 Å². The first kappa shape index (κ1) is 11.2. The number of rotatable bonds is 5. The molecule has 1 aromatic carbocycles. The van der Waals surface area contributed by atoms with Gasteiger partial charge in [0.25, 0.3) is 0 Å². The Labute approximate surface area is 106 Å². The second-order valence-corrected chi connectivity index (χ2v) is 4.87. The molecular formula is C15H16N2O. The molecule has 3 rings (SSSR count). The fourth-order valence-corrected chi connectivity index (χ4v) is 2.09. The van der Waals surface area contributed by atoms with Gasteiger partial charge >= 0.3 is 0 Å². The zero-order chi connectivity index (χ0) is 12.4. The average Bonchev–Trinajstić information content (AvgIpc) is 3.16. The Morgan fingerprint density at radius 3 is 2.78 bits per heavy atom. The highest BCUT2D eigenvalue weighted by Gasteiger charge is 2.28. The highest BCUT2D eigenvalue weighted by molar-refractivity contribution is 5.83. The smallest absolute Gasteiger partial charge is 0.136 e. The molecule has 0 amide bonds. The Kier molecular flexibility index (Phi) is 2.97. The standard InChI is InChI=1S/C15H16N2O/c18-15(13-7-8-13)9-6-12-10-16-17(11-12)14-4-2-1-3-5-14/h1-5,10-11,13H,6-9H2. The molecule has 0 N–H and O–H groups in total. The number of ketones is 1. The molecule has 3 heteroatoms. The summed E-state index contributed by atoms with van der Waals surface area (Å²) < 4.78 is 1.86. The molecule has 1 aliphatic rings. The Bertz CT molecular complexity index is 541. The molecule has 0 spiro atoms. The molecule has 0 bridgehead atoms. The van der Waals surface area contributed by atoms with Crippen LogP contribution in [0.25, 0.3) is 5.69 Å². The van der Waals surface area contributed by atoms with Gasteiger partial charge in [-0.1, -0.05) is 18.2 Å². The zero-order valence-electron chi connectivity index (χ0n) is 10.2. The summed E-state index contributed by atoms with van der Waals surface area (Å²) in [5, 5.41) is 4.33. The lowest BCUT2D eigenvalue weighted by molar-refractivity contribution is -0.120. The van der Waals surface area contributed by atoms with Crippen molar-refractivity contribution in [1.29, 1.82) is 0 Å². The first-order valence-corrected chi connectivity index (χ1v) is 6.44. The molecule has 2 aromatic rings. The maximum atomic E-state index is 11.6. The summed E-state index contributed by atoms with van der Waals surface area (Å²) in [6.07, 6.45) is 7.53. The number of hydrogen-bond acceptors (Lipinski definition) is 2. The summed E-state index contributed by atoms with van der Waals surface area (Å²) >= 11 is 0. The molecule has 1 aliphatic carbocycles. The van der Waals surface area contributed by atoms with Crippen molar-refractivity contribution < 1.29 is 4.79 Å². The van der Waals surface area contributed by atoms with Crippen molar-refractivity contribution >= 4 is 5.78 Å². The lowest BCUT2D eigenvalue weighted by Crippen LogP contribution is -2.01. The number of benzene rings is 1. The van der Waals surface area contributed by atoms with Crippen LogP contribution in [0.4, 0.5) is 0 Å². The SMILES string of the molecule is O=C(CCc1cnn(-c2ccccc2)c1)C1CC1. The second-order valence-electron chi connectivity index (χ2n) is 4.87. The quantitative estimate of drug-likeness (QED) is 0.805. The van der Waals surface area contributed by atoms with E-state index >= 15 is 0 Å². The van der Waals surface area contributed by atoms with E-state index in [2.05, 4.69) is 5.10 Å². The van der Waals surface area contributed by atoms with Crippen LogP contribution < -0.4 is 0 Å². The van der Waals surface area contributed by atoms with Crippen LogP contribution in [0.2, 0.25) is 0 Å². The number of para-hydroxylation sites is 1. The summed E-state index contributed by atoms with van der Waals surface area (Å²) in [6.45, 7) is 0. The van der Waals surface area contributed by atoms with E-state index in [1.165, 1.54) is 0 Å². The van der Waals surface area contributed by atoms with Crippen LogP contribution in [0.1, 0.15) is 24.8 Å². The monoisotopic (exact) mass is 240 g/mol.